The highest BCUT2D eigenvalue weighted by Crippen LogP contribution is 2.37. The number of methoxy groups -OCH3 is 1. The van der Waals surface area contributed by atoms with Gasteiger partial charge in [-0.25, -0.2) is 0 Å². The second kappa shape index (κ2) is 7.67. The molecule has 1 aromatic heterocycles. The summed E-state index contributed by atoms with van der Waals surface area (Å²) in [6.07, 6.45) is 3.21. The molecule has 3 aromatic rings. The van der Waals surface area contributed by atoms with E-state index in [4.69, 9.17) is 16.3 Å². The smallest absolute Gasteiger partial charge is 0.160 e. The van der Waals surface area contributed by atoms with Crippen LogP contribution in [-0.2, 0) is 13.1 Å². The molecule has 1 unspecified atom stereocenters. The topological polar surface area (TPSA) is 37.6 Å². The van der Waals surface area contributed by atoms with Crippen molar-refractivity contribution in [3.05, 3.63) is 82.6 Å². The molecule has 0 saturated heterocycles. The Morgan fingerprint density at radius 2 is 1.93 bits per heavy atom. The number of phenolic OH excluding ortho intramolecular Hbond substituents is 1. The number of rotatable bonds is 4. The molecule has 2 aromatic carbocycles. The molecular weight excluding hydrogens is 360 g/mol. The fourth-order valence-corrected chi connectivity index (χ4v) is 4.02. The lowest BCUT2D eigenvalue weighted by Crippen LogP contribution is -2.29. The molecule has 0 amide bonds. The predicted molar refractivity (Wildman–Crippen MR) is 107 cm³/mol. The first-order valence-corrected chi connectivity index (χ1v) is 9.54. The van der Waals surface area contributed by atoms with E-state index in [2.05, 4.69) is 39.9 Å². The molecule has 1 aliphatic heterocycles. The number of halogens is 1. The Morgan fingerprint density at radius 3 is 2.67 bits per heavy atom. The molecule has 0 spiro atoms. The number of aromatic hydroxyl groups is 1. The van der Waals surface area contributed by atoms with Crippen molar-refractivity contribution in [2.24, 2.45) is 0 Å². The van der Waals surface area contributed by atoms with Crippen LogP contribution >= 0.6 is 11.6 Å². The third kappa shape index (κ3) is 3.68. The van der Waals surface area contributed by atoms with Gasteiger partial charge >= 0.3 is 0 Å². The Morgan fingerprint density at radius 1 is 1.11 bits per heavy atom. The summed E-state index contributed by atoms with van der Waals surface area (Å²) in [5.41, 5.74) is 3.53. The minimum Gasteiger partial charge on any atom is -0.504 e. The molecule has 0 fully saturated rings. The van der Waals surface area contributed by atoms with Crippen molar-refractivity contribution in [2.75, 3.05) is 13.7 Å². The van der Waals surface area contributed by atoms with Gasteiger partial charge in [-0.2, -0.15) is 0 Å². The first-order chi connectivity index (χ1) is 13.2. The average Bonchev–Trinajstić information content (AvgIpc) is 3.05. The molecule has 1 atom stereocenters. The van der Waals surface area contributed by atoms with E-state index in [1.807, 2.05) is 30.3 Å². The number of fused-ring (bicyclic) bond motifs is 1. The molecule has 0 radical (unpaired) electrons. The number of nitrogens with zero attached hydrogens (tertiary/aromatic N) is 2. The zero-order chi connectivity index (χ0) is 18.8. The Balaban J connectivity index is 1.74. The number of hydrogen-bond acceptors (Lipinski definition) is 3. The first kappa shape index (κ1) is 18.0. The van der Waals surface area contributed by atoms with Gasteiger partial charge in [-0.1, -0.05) is 29.8 Å². The molecule has 0 saturated carbocycles. The molecular formula is C22H23ClN2O2. The maximum atomic E-state index is 10.3. The van der Waals surface area contributed by atoms with Gasteiger partial charge in [-0.3, -0.25) is 4.90 Å². The van der Waals surface area contributed by atoms with Crippen LogP contribution in [0.3, 0.4) is 0 Å². The van der Waals surface area contributed by atoms with Gasteiger partial charge in [0.2, 0.25) is 0 Å². The fraction of sp³-hybridized carbons (Fsp3) is 0.273. The van der Waals surface area contributed by atoms with Crippen LogP contribution in [0.5, 0.6) is 11.5 Å². The largest absolute Gasteiger partial charge is 0.504 e. The van der Waals surface area contributed by atoms with Crippen LogP contribution in [0.2, 0.25) is 5.02 Å². The van der Waals surface area contributed by atoms with Crippen LogP contribution in [0, 0.1) is 0 Å². The predicted octanol–water partition coefficient (Wildman–Crippen LogP) is 4.85. The van der Waals surface area contributed by atoms with Gasteiger partial charge in [-0.15, -0.1) is 0 Å². The number of aryl methyl sites for hydroxylation is 1. The monoisotopic (exact) mass is 382 g/mol. The highest BCUT2D eigenvalue weighted by Gasteiger charge is 2.28. The third-order valence-electron chi connectivity index (χ3n) is 5.17. The summed E-state index contributed by atoms with van der Waals surface area (Å²) in [6.45, 7) is 2.79. The van der Waals surface area contributed by atoms with Crippen molar-refractivity contribution < 1.29 is 9.84 Å². The minimum atomic E-state index is 0.0648. The summed E-state index contributed by atoms with van der Waals surface area (Å²) < 4.78 is 7.53. The van der Waals surface area contributed by atoms with E-state index in [0.717, 1.165) is 36.6 Å². The summed E-state index contributed by atoms with van der Waals surface area (Å²) in [5.74, 6) is 0.663. The van der Waals surface area contributed by atoms with Crippen molar-refractivity contribution in [1.29, 1.82) is 0 Å². The van der Waals surface area contributed by atoms with E-state index in [0.29, 0.717) is 5.75 Å². The van der Waals surface area contributed by atoms with Crippen LogP contribution < -0.4 is 4.74 Å². The van der Waals surface area contributed by atoms with E-state index >= 15 is 0 Å². The van der Waals surface area contributed by atoms with Crippen LogP contribution in [0.15, 0.2) is 60.8 Å². The van der Waals surface area contributed by atoms with Crippen molar-refractivity contribution in [3.8, 4) is 11.5 Å². The average molecular weight is 383 g/mol. The number of phenols is 1. The molecule has 4 nitrogen and oxygen atoms in total. The van der Waals surface area contributed by atoms with Crippen LogP contribution in [0.4, 0.5) is 0 Å². The first-order valence-electron chi connectivity index (χ1n) is 9.16. The minimum absolute atomic E-state index is 0.0648. The molecule has 4 rings (SSSR count). The van der Waals surface area contributed by atoms with Gasteiger partial charge in [0, 0.05) is 36.5 Å². The standard InChI is InChI=1S/C22H23ClN2O2/c1-27-21-10-7-17(14-20(21)26)22-19-4-2-11-24(19)12-3-13-25(22)15-16-5-8-18(23)9-6-16/h2,4-11,14,22,26H,3,12-13,15H2,1H3. The van der Waals surface area contributed by atoms with Gasteiger partial charge in [0.05, 0.1) is 13.2 Å². The Labute approximate surface area is 164 Å². The normalized spacial score (nSPS) is 17.3. The summed E-state index contributed by atoms with van der Waals surface area (Å²) in [6, 6.07) is 18.1. The van der Waals surface area contributed by atoms with Gasteiger partial charge in [0.15, 0.2) is 11.5 Å². The fourth-order valence-electron chi connectivity index (χ4n) is 3.89. The quantitative estimate of drug-likeness (QED) is 0.700. The second-order valence-electron chi connectivity index (χ2n) is 6.91. The van der Waals surface area contributed by atoms with Crippen molar-refractivity contribution >= 4 is 11.6 Å². The lowest BCUT2D eigenvalue weighted by molar-refractivity contribution is 0.220. The van der Waals surface area contributed by atoms with Gasteiger partial charge < -0.3 is 14.4 Å². The Kier molecular flexibility index (Phi) is 5.10. The molecule has 5 heteroatoms. The van der Waals surface area contributed by atoms with E-state index in [1.54, 1.807) is 7.11 Å². The van der Waals surface area contributed by atoms with E-state index in [9.17, 15) is 5.11 Å². The molecule has 2 heterocycles. The van der Waals surface area contributed by atoms with E-state index < -0.39 is 0 Å². The number of hydrogen-bond donors (Lipinski definition) is 1. The number of benzene rings is 2. The highest BCUT2D eigenvalue weighted by molar-refractivity contribution is 6.30. The lowest BCUT2D eigenvalue weighted by Gasteiger charge is -2.31. The Hall–Kier alpha value is -2.43. The van der Waals surface area contributed by atoms with E-state index in [1.165, 1.54) is 11.3 Å². The third-order valence-corrected chi connectivity index (χ3v) is 5.42. The Bertz CT molecular complexity index is 920. The number of aromatic nitrogens is 1. The lowest BCUT2D eigenvalue weighted by atomic mass is 10.0. The molecule has 1 aliphatic rings. The van der Waals surface area contributed by atoms with Crippen LogP contribution in [-0.4, -0.2) is 28.2 Å². The highest BCUT2D eigenvalue weighted by atomic mass is 35.5. The molecule has 0 bridgehead atoms. The zero-order valence-corrected chi connectivity index (χ0v) is 16.1. The second-order valence-corrected chi connectivity index (χ2v) is 7.35. The SMILES string of the molecule is COc1ccc(C2c3cccn3CCCN2Cc2ccc(Cl)cc2)cc1O. The molecule has 0 aliphatic carbocycles. The summed E-state index contributed by atoms with van der Waals surface area (Å²) in [7, 11) is 1.57. The summed E-state index contributed by atoms with van der Waals surface area (Å²) >= 11 is 6.05. The van der Waals surface area contributed by atoms with Crippen LogP contribution in [0.25, 0.3) is 0 Å². The van der Waals surface area contributed by atoms with Gasteiger partial charge in [0.1, 0.15) is 0 Å². The van der Waals surface area contributed by atoms with Gasteiger partial charge in [-0.05, 0) is 53.9 Å². The summed E-state index contributed by atoms with van der Waals surface area (Å²) in [5, 5.41) is 11.1. The van der Waals surface area contributed by atoms with Crippen molar-refractivity contribution in [1.82, 2.24) is 9.47 Å². The maximum Gasteiger partial charge on any atom is 0.160 e. The zero-order valence-electron chi connectivity index (χ0n) is 15.3. The molecule has 1 N–H and O–H groups in total. The van der Waals surface area contributed by atoms with Crippen molar-refractivity contribution in [3.63, 3.8) is 0 Å². The van der Waals surface area contributed by atoms with Crippen molar-refractivity contribution in [2.45, 2.75) is 25.6 Å². The number of ether oxygens (including phenoxy) is 1. The maximum absolute atomic E-state index is 10.3. The summed E-state index contributed by atoms with van der Waals surface area (Å²) in [4.78, 5) is 2.46. The van der Waals surface area contributed by atoms with E-state index in [-0.39, 0.29) is 11.8 Å². The molecule has 27 heavy (non-hydrogen) atoms. The van der Waals surface area contributed by atoms with Crippen LogP contribution in [0.1, 0.15) is 29.3 Å². The van der Waals surface area contributed by atoms with Gasteiger partial charge in [0.25, 0.3) is 0 Å². The molecule has 140 valence electrons.